The predicted octanol–water partition coefficient (Wildman–Crippen LogP) is 2.03. The van der Waals surface area contributed by atoms with E-state index in [-0.39, 0.29) is 18.3 Å². The van der Waals surface area contributed by atoms with E-state index >= 15 is 0 Å². The van der Waals surface area contributed by atoms with Gasteiger partial charge in [0.1, 0.15) is 0 Å². The number of hydrogen-bond donors (Lipinski definition) is 0. The smallest absolute Gasteiger partial charge is 0.307 e. The molecule has 0 aliphatic rings. The Morgan fingerprint density at radius 1 is 1.24 bits per heavy atom. The molecule has 0 unspecified atom stereocenters. The van der Waals surface area contributed by atoms with E-state index in [9.17, 15) is 9.59 Å². The van der Waals surface area contributed by atoms with E-state index in [0.717, 1.165) is 10.0 Å². The molecule has 0 bridgehead atoms. The zero-order chi connectivity index (χ0) is 15.7. The monoisotopic (exact) mass is 357 g/mol. The summed E-state index contributed by atoms with van der Waals surface area (Å²) in [5.74, 6) is -0.360. The molecule has 0 aliphatic carbocycles. The van der Waals surface area contributed by atoms with Gasteiger partial charge in [0, 0.05) is 24.7 Å². The van der Waals surface area contributed by atoms with Gasteiger partial charge in [-0.1, -0.05) is 28.1 Å². The lowest BCUT2D eigenvalue weighted by Crippen LogP contribution is -2.36. The highest BCUT2D eigenvalue weighted by Crippen LogP contribution is 2.13. The molecule has 116 valence electrons. The lowest BCUT2D eigenvalue weighted by atomic mass is 10.1. The molecule has 0 aliphatic heterocycles. The van der Waals surface area contributed by atoms with Crippen molar-refractivity contribution in [3.8, 4) is 0 Å². The fraction of sp³-hybridized carbons (Fsp3) is 0.467. The normalized spacial score (nSPS) is 10.2. The van der Waals surface area contributed by atoms with Crippen LogP contribution in [0.3, 0.4) is 0 Å². The summed E-state index contributed by atoms with van der Waals surface area (Å²) in [5, 5.41) is 0. The molecule has 0 atom stereocenters. The molecule has 21 heavy (non-hydrogen) atoms. The number of amides is 1. The van der Waals surface area contributed by atoms with Gasteiger partial charge in [-0.15, -0.1) is 0 Å². The molecule has 5 nitrogen and oxygen atoms in total. The second kappa shape index (κ2) is 9.52. The first-order valence-electron chi connectivity index (χ1n) is 6.64. The number of nitrogens with zero attached hydrogens (tertiary/aromatic N) is 1. The van der Waals surface area contributed by atoms with Gasteiger partial charge in [-0.25, -0.2) is 0 Å². The van der Waals surface area contributed by atoms with Crippen LogP contribution < -0.4 is 0 Å². The number of ether oxygens (including phenoxy) is 2. The number of carbonyl (C=O) groups excluding carboxylic acids is 2. The Kier molecular flexibility index (Phi) is 8.00. The standard InChI is InChI=1S/C15H20BrNO4/c1-20-9-8-17(7-6-15(19)21-2)14(18)11-12-4-3-5-13(16)10-12/h3-5,10H,6-9,11H2,1-2H3. The minimum Gasteiger partial charge on any atom is -0.469 e. The van der Waals surface area contributed by atoms with Crippen molar-refractivity contribution in [1.29, 1.82) is 0 Å². The van der Waals surface area contributed by atoms with Crippen LogP contribution >= 0.6 is 15.9 Å². The number of rotatable bonds is 8. The summed E-state index contributed by atoms with van der Waals surface area (Å²) in [6, 6.07) is 7.61. The molecule has 0 aromatic heterocycles. The van der Waals surface area contributed by atoms with Crippen LogP contribution in [-0.2, 0) is 25.5 Å². The van der Waals surface area contributed by atoms with Gasteiger partial charge >= 0.3 is 5.97 Å². The van der Waals surface area contributed by atoms with Crippen LogP contribution in [-0.4, -0.2) is 50.7 Å². The van der Waals surface area contributed by atoms with E-state index in [0.29, 0.717) is 26.1 Å². The fourth-order valence-corrected chi connectivity index (χ4v) is 2.27. The van der Waals surface area contributed by atoms with Crippen LogP contribution in [0.2, 0.25) is 0 Å². The fourth-order valence-electron chi connectivity index (χ4n) is 1.82. The number of esters is 1. The summed E-state index contributed by atoms with van der Waals surface area (Å²) >= 11 is 3.38. The van der Waals surface area contributed by atoms with Crippen molar-refractivity contribution in [2.24, 2.45) is 0 Å². The van der Waals surface area contributed by atoms with Gasteiger partial charge in [-0.2, -0.15) is 0 Å². The summed E-state index contributed by atoms with van der Waals surface area (Å²) in [5.41, 5.74) is 0.926. The number of methoxy groups -OCH3 is 2. The Morgan fingerprint density at radius 3 is 2.62 bits per heavy atom. The van der Waals surface area contributed by atoms with Gasteiger partial charge in [0.25, 0.3) is 0 Å². The van der Waals surface area contributed by atoms with E-state index in [1.54, 1.807) is 12.0 Å². The van der Waals surface area contributed by atoms with E-state index in [4.69, 9.17) is 4.74 Å². The molecular formula is C15H20BrNO4. The zero-order valence-corrected chi connectivity index (χ0v) is 13.9. The van der Waals surface area contributed by atoms with Crippen molar-refractivity contribution in [2.75, 3.05) is 33.9 Å². The molecular weight excluding hydrogens is 338 g/mol. The van der Waals surface area contributed by atoms with E-state index in [1.165, 1.54) is 7.11 Å². The molecule has 0 N–H and O–H groups in total. The number of halogens is 1. The van der Waals surface area contributed by atoms with Crippen LogP contribution in [0.15, 0.2) is 28.7 Å². The van der Waals surface area contributed by atoms with Crippen LogP contribution in [0.4, 0.5) is 0 Å². The summed E-state index contributed by atoms with van der Waals surface area (Å²) in [6.45, 7) is 1.23. The van der Waals surface area contributed by atoms with Gasteiger partial charge in [0.15, 0.2) is 0 Å². The molecule has 0 fully saturated rings. The Balaban J connectivity index is 2.63. The van der Waals surface area contributed by atoms with Crippen LogP contribution in [0, 0.1) is 0 Å². The highest BCUT2D eigenvalue weighted by molar-refractivity contribution is 9.10. The maximum Gasteiger partial charge on any atom is 0.307 e. The largest absolute Gasteiger partial charge is 0.469 e. The molecule has 1 aromatic carbocycles. The Morgan fingerprint density at radius 2 is 2.00 bits per heavy atom. The average molecular weight is 358 g/mol. The first-order valence-corrected chi connectivity index (χ1v) is 7.44. The minimum atomic E-state index is -0.326. The SMILES string of the molecule is COCCN(CCC(=O)OC)C(=O)Cc1cccc(Br)c1. The first-order chi connectivity index (χ1) is 10.1. The molecule has 0 spiro atoms. The third-order valence-corrected chi connectivity index (χ3v) is 3.47. The van der Waals surface area contributed by atoms with Crippen molar-refractivity contribution in [3.05, 3.63) is 34.3 Å². The van der Waals surface area contributed by atoms with Crippen molar-refractivity contribution >= 4 is 27.8 Å². The molecule has 6 heteroatoms. The number of carbonyl (C=O) groups is 2. The van der Waals surface area contributed by atoms with E-state index in [1.807, 2.05) is 24.3 Å². The second-order valence-corrected chi connectivity index (χ2v) is 5.42. The lowest BCUT2D eigenvalue weighted by molar-refractivity contribution is -0.141. The molecule has 1 aromatic rings. The lowest BCUT2D eigenvalue weighted by Gasteiger charge is -2.22. The molecule has 0 radical (unpaired) electrons. The molecule has 1 rings (SSSR count). The predicted molar refractivity (Wildman–Crippen MR) is 82.9 cm³/mol. The van der Waals surface area contributed by atoms with Gasteiger partial charge in [0.2, 0.25) is 5.91 Å². The van der Waals surface area contributed by atoms with Gasteiger partial charge in [-0.05, 0) is 17.7 Å². The summed E-state index contributed by atoms with van der Waals surface area (Å²) < 4.78 is 10.5. The third-order valence-electron chi connectivity index (χ3n) is 2.98. The Bertz CT molecular complexity index is 478. The topological polar surface area (TPSA) is 55.8 Å². The Labute approximate surface area is 133 Å². The second-order valence-electron chi connectivity index (χ2n) is 4.51. The first kappa shape index (κ1) is 17.7. The Hall–Kier alpha value is -1.40. The molecule has 0 saturated heterocycles. The summed E-state index contributed by atoms with van der Waals surface area (Å²) in [7, 11) is 2.92. The van der Waals surface area contributed by atoms with Gasteiger partial charge < -0.3 is 14.4 Å². The van der Waals surface area contributed by atoms with E-state index in [2.05, 4.69) is 20.7 Å². The van der Waals surface area contributed by atoms with Gasteiger partial charge in [-0.3, -0.25) is 9.59 Å². The summed E-state index contributed by atoms with van der Waals surface area (Å²) in [4.78, 5) is 25.2. The highest BCUT2D eigenvalue weighted by Gasteiger charge is 2.15. The molecule has 1 amide bonds. The number of benzene rings is 1. The quantitative estimate of drug-likeness (QED) is 0.668. The van der Waals surface area contributed by atoms with E-state index < -0.39 is 0 Å². The minimum absolute atomic E-state index is 0.0333. The van der Waals surface area contributed by atoms with Gasteiger partial charge in [0.05, 0.1) is 26.6 Å². The van der Waals surface area contributed by atoms with Crippen molar-refractivity contribution < 1.29 is 19.1 Å². The van der Waals surface area contributed by atoms with Crippen LogP contribution in [0.5, 0.6) is 0 Å². The highest BCUT2D eigenvalue weighted by atomic mass is 79.9. The van der Waals surface area contributed by atoms with Crippen molar-refractivity contribution in [2.45, 2.75) is 12.8 Å². The van der Waals surface area contributed by atoms with Crippen molar-refractivity contribution in [1.82, 2.24) is 4.90 Å². The summed E-state index contributed by atoms with van der Waals surface area (Å²) in [6.07, 6.45) is 0.481. The molecule has 0 saturated carbocycles. The third kappa shape index (κ3) is 6.73. The zero-order valence-electron chi connectivity index (χ0n) is 12.3. The van der Waals surface area contributed by atoms with Crippen molar-refractivity contribution in [3.63, 3.8) is 0 Å². The number of hydrogen-bond acceptors (Lipinski definition) is 4. The van der Waals surface area contributed by atoms with Crippen LogP contribution in [0.1, 0.15) is 12.0 Å². The molecule has 0 heterocycles. The van der Waals surface area contributed by atoms with Crippen LogP contribution in [0.25, 0.3) is 0 Å². The maximum absolute atomic E-state index is 12.3. The average Bonchev–Trinajstić information content (AvgIpc) is 2.46. The maximum atomic E-state index is 12.3.